The molecule has 3 rings (SSSR count). The van der Waals surface area contributed by atoms with Gasteiger partial charge in [0.05, 0.1) is 5.69 Å². The van der Waals surface area contributed by atoms with Crippen LogP contribution in [0.15, 0.2) is 92.5 Å². The predicted molar refractivity (Wildman–Crippen MR) is 129 cm³/mol. The average Bonchev–Trinajstić information content (AvgIpc) is 2.78. The summed E-state index contributed by atoms with van der Waals surface area (Å²) in [5, 5.41) is 7.56. The van der Waals surface area contributed by atoms with Crippen LogP contribution in [0.2, 0.25) is 0 Å². The smallest absolute Gasteiger partial charge is 0.0629 e. The summed E-state index contributed by atoms with van der Waals surface area (Å²) in [4.78, 5) is 8.62. The van der Waals surface area contributed by atoms with Crippen LogP contribution in [-0.2, 0) is 0 Å². The molecule has 0 amide bonds. The van der Waals surface area contributed by atoms with Crippen molar-refractivity contribution in [1.29, 1.82) is 0 Å². The number of thioether (sulfide) groups is 1. The molecule has 0 fully saturated rings. The molecule has 2 nitrogen and oxygen atoms in total. The predicted octanol–water partition coefficient (Wildman–Crippen LogP) is 7.40. The summed E-state index contributed by atoms with van der Waals surface area (Å²) < 4.78 is 0. The molecule has 152 valence electrons. The molecule has 0 saturated carbocycles. The third-order valence-electron chi connectivity index (χ3n) is 4.34. The number of rotatable bonds is 7. The Morgan fingerprint density at radius 3 is 2.17 bits per heavy atom. The molecule has 4 heteroatoms. The van der Waals surface area contributed by atoms with Gasteiger partial charge in [-0.25, -0.2) is 0 Å². The fraction of sp³-hybridized carbons (Fsp3) is 0.240. The molecule has 0 radical (unpaired) electrons. The van der Waals surface area contributed by atoms with E-state index in [1.165, 1.54) is 25.8 Å². The van der Waals surface area contributed by atoms with E-state index in [-0.39, 0.29) is 0 Å². The maximum atomic E-state index is 7.00. The zero-order chi connectivity index (χ0) is 21.1. The van der Waals surface area contributed by atoms with Gasteiger partial charge in [-0.1, -0.05) is 68.1 Å². The average molecular weight is 424 g/mol. The lowest BCUT2D eigenvalue weighted by molar-refractivity contribution is 0.399. The molecule has 0 bridgehead atoms. The Kier molecular flexibility index (Phi) is 10.1. The number of hydrogen-bond donors (Lipinski definition) is 1. The van der Waals surface area contributed by atoms with Crippen LogP contribution in [0.4, 0.5) is 5.69 Å². The van der Waals surface area contributed by atoms with Gasteiger partial charge in [0.25, 0.3) is 0 Å². The molecule has 0 aliphatic heterocycles. The molecule has 1 unspecified atom stereocenters. The SMILES string of the molecule is CCC(C)Sc1c(Sc2ccccc2)ccc(C)c1C=Nc1ccccc1.CO. The van der Waals surface area contributed by atoms with Gasteiger partial charge in [-0.15, -0.1) is 11.8 Å². The summed E-state index contributed by atoms with van der Waals surface area (Å²) in [5.74, 6) is 0. The summed E-state index contributed by atoms with van der Waals surface area (Å²) in [6.07, 6.45) is 3.17. The fourth-order valence-electron chi connectivity index (χ4n) is 2.59. The van der Waals surface area contributed by atoms with Gasteiger partial charge in [0.15, 0.2) is 0 Å². The molecule has 1 atom stereocenters. The van der Waals surface area contributed by atoms with E-state index in [0.29, 0.717) is 5.25 Å². The van der Waals surface area contributed by atoms with Gasteiger partial charge in [0, 0.05) is 38.8 Å². The van der Waals surface area contributed by atoms with Crippen LogP contribution in [0, 0.1) is 6.92 Å². The topological polar surface area (TPSA) is 32.6 Å². The van der Waals surface area contributed by atoms with Crippen LogP contribution in [0.1, 0.15) is 31.4 Å². The van der Waals surface area contributed by atoms with E-state index >= 15 is 0 Å². The van der Waals surface area contributed by atoms with E-state index < -0.39 is 0 Å². The highest BCUT2D eigenvalue weighted by Crippen LogP contribution is 2.40. The summed E-state index contributed by atoms with van der Waals surface area (Å²) in [5.41, 5.74) is 3.47. The van der Waals surface area contributed by atoms with Gasteiger partial charge in [0.1, 0.15) is 0 Å². The van der Waals surface area contributed by atoms with E-state index in [4.69, 9.17) is 10.1 Å². The highest BCUT2D eigenvalue weighted by Gasteiger charge is 2.15. The molecule has 1 N–H and O–H groups in total. The van der Waals surface area contributed by atoms with Crippen molar-refractivity contribution in [2.24, 2.45) is 4.99 Å². The third-order valence-corrected chi connectivity index (χ3v) is 6.95. The minimum absolute atomic E-state index is 0.561. The Labute approximate surface area is 183 Å². The second-order valence-electron chi connectivity index (χ2n) is 6.47. The Morgan fingerprint density at radius 1 is 0.931 bits per heavy atom. The van der Waals surface area contributed by atoms with Crippen LogP contribution >= 0.6 is 23.5 Å². The van der Waals surface area contributed by atoms with Crippen LogP contribution in [0.5, 0.6) is 0 Å². The van der Waals surface area contributed by atoms with Crippen molar-refractivity contribution in [2.45, 2.75) is 47.1 Å². The van der Waals surface area contributed by atoms with Crippen molar-refractivity contribution >= 4 is 35.4 Å². The van der Waals surface area contributed by atoms with E-state index in [1.54, 1.807) is 0 Å². The second-order valence-corrected chi connectivity index (χ2v) is 9.03. The van der Waals surface area contributed by atoms with Crippen LogP contribution in [0.25, 0.3) is 0 Å². The van der Waals surface area contributed by atoms with E-state index in [9.17, 15) is 0 Å². The number of aliphatic imine (C=N–C) groups is 1. The standard InChI is InChI=1S/C24H25NS2.CH4O/c1-4-19(3)26-24-22(17-25-20-11-7-5-8-12-20)18(2)15-16-23(24)27-21-13-9-6-10-14-21;1-2/h5-17,19H,4H2,1-3H3;2H,1H3. The molecule has 0 spiro atoms. The largest absolute Gasteiger partial charge is 0.400 e. The molecule has 0 aromatic heterocycles. The van der Waals surface area contributed by atoms with Gasteiger partial charge in [-0.05, 0) is 49.2 Å². The number of aliphatic hydroxyl groups is 1. The first kappa shape index (κ1) is 23.3. The number of benzene rings is 3. The van der Waals surface area contributed by atoms with Crippen LogP contribution in [0.3, 0.4) is 0 Å². The quantitative estimate of drug-likeness (QED) is 0.317. The fourth-order valence-corrected chi connectivity index (χ4v) is 4.84. The number of para-hydroxylation sites is 1. The lowest BCUT2D eigenvalue weighted by atomic mass is 10.1. The van der Waals surface area contributed by atoms with Gasteiger partial charge >= 0.3 is 0 Å². The summed E-state index contributed by atoms with van der Waals surface area (Å²) >= 11 is 3.78. The zero-order valence-electron chi connectivity index (χ0n) is 17.5. The molecule has 0 aliphatic carbocycles. The Bertz CT molecular complexity index is 895. The first-order chi connectivity index (χ1) is 14.2. The van der Waals surface area contributed by atoms with E-state index in [0.717, 1.165) is 19.2 Å². The highest BCUT2D eigenvalue weighted by atomic mass is 32.2. The van der Waals surface area contributed by atoms with Crippen LogP contribution < -0.4 is 0 Å². The van der Waals surface area contributed by atoms with Gasteiger partial charge in [-0.2, -0.15) is 0 Å². The van der Waals surface area contributed by atoms with Gasteiger partial charge in [0.2, 0.25) is 0 Å². The molecule has 0 aliphatic rings. The molecule has 29 heavy (non-hydrogen) atoms. The molecular weight excluding hydrogens is 394 g/mol. The molecule has 0 heterocycles. The van der Waals surface area contributed by atoms with Crippen molar-refractivity contribution in [2.75, 3.05) is 7.11 Å². The first-order valence-electron chi connectivity index (χ1n) is 9.74. The minimum atomic E-state index is 0.561. The zero-order valence-corrected chi connectivity index (χ0v) is 19.1. The Hall–Kier alpha value is -2.01. The number of aliphatic hydroxyl groups excluding tert-OH is 1. The maximum Gasteiger partial charge on any atom is 0.0629 e. The molecule has 0 saturated heterocycles. The number of nitrogens with zero attached hydrogens (tertiary/aromatic N) is 1. The van der Waals surface area contributed by atoms with E-state index in [2.05, 4.69) is 63.2 Å². The number of aryl methyl sites for hydroxylation is 1. The third kappa shape index (κ3) is 7.07. The maximum absolute atomic E-state index is 7.00. The minimum Gasteiger partial charge on any atom is -0.400 e. The second kappa shape index (κ2) is 12.5. The molecule has 3 aromatic rings. The van der Waals surface area contributed by atoms with Crippen molar-refractivity contribution < 1.29 is 5.11 Å². The van der Waals surface area contributed by atoms with Crippen molar-refractivity contribution in [3.8, 4) is 0 Å². The molecular formula is C25H29NOS2. The lowest BCUT2D eigenvalue weighted by Gasteiger charge is -2.17. The first-order valence-corrected chi connectivity index (χ1v) is 11.4. The van der Waals surface area contributed by atoms with Crippen molar-refractivity contribution in [3.05, 3.63) is 83.9 Å². The monoisotopic (exact) mass is 423 g/mol. The normalized spacial score (nSPS) is 11.8. The number of hydrogen-bond acceptors (Lipinski definition) is 4. The van der Waals surface area contributed by atoms with Crippen molar-refractivity contribution in [1.82, 2.24) is 0 Å². The Balaban J connectivity index is 0.00000145. The highest BCUT2D eigenvalue weighted by molar-refractivity contribution is 8.02. The summed E-state index contributed by atoms with van der Waals surface area (Å²) in [6, 6.07) is 25.2. The van der Waals surface area contributed by atoms with Crippen LogP contribution in [-0.4, -0.2) is 23.7 Å². The lowest BCUT2D eigenvalue weighted by Crippen LogP contribution is -1.99. The van der Waals surface area contributed by atoms with Gasteiger partial charge in [-0.3, -0.25) is 4.99 Å². The van der Waals surface area contributed by atoms with Gasteiger partial charge < -0.3 is 5.11 Å². The summed E-state index contributed by atoms with van der Waals surface area (Å²) in [6.45, 7) is 6.71. The van der Waals surface area contributed by atoms with Crippen molar-refractivity contribution in [3.63, 3.8) is 0 Å². The van der Waals surface area contributed by atoms with E-state index in [1.807, 2.05) is 60.1 Å². The molecule has 3 aromatic carbocycles. The summed E-state index contributed by atoms with van der Waals surface area (Å²) in [7, 11) is 1.00. The Morgan fingerprint density at radius 2 is 1.55 bits per heavy atom.